The molecule has 2 aliphatic carbocycles. The van der Waals surface area contributed by atoms with E-state index in [-0.39, 0.29) is 16.2 Å². The van der Waals surface area contributed by atoms with Crippen LogP contribution in [0, 0.1) is 17.8 Å². The molecule has 0 amide bonds. The fraction of sp³-hybridized carbons (Fsp3) is 0.358. The highest BCUT2D eigenvalue weighted by Crippen LogP contribution is 2.48. The molecule has 2 nitrogen and oxygen atoms in total. The van der Waals surface area contributed by atoms with E-state index in [4.69, 9.17) is 0 Å². The lowest BCUT2D eigenvalue weighted by Gasteiger charge is -2.39. The van der Waals surface area contributed by atoms with Crippen LogP contribution >= 0.6 is 20.7 Å². The number of benzene rings is 5. The van der Waals surface area contributed by atoms with E-state index in [0.29, 0.717) is 5.92 Å². The van der Waals surface area contributed by atoms with Crippen molar-refractivity contribution in [2.45, 2.75) is 111 Å². The van der Waals surface area contributed by atoms with Gasteiger partial charge in [-0.15, -0.1) is 0 Å². The summed E-state index contributed by atoms with van der Waals surface area (Å²) in [5, 5.41) is 0. The molecule has 0 bridgehead atoms. The molecule has 4 heteroatoms. The second kappa shape index (κ2) is 18.7. The zero-order valence-electron chi connectivity index (χ0n) is 35.5. The van der Waals surface area contributed by atoms with Crippen molar-refractivity contribution in [2.75, 3.05) is 9.80 Å². The Balaban J connectivity index is 0.00000270. The third kappa shape index (κ3) is 10.2. The highest BCUT2D eigenvalue weighted by molar-refractivity contribution is 8.31. The SMILES string of the molecule is Cc1ccc(N(C2=CCCC=C2)c2ccc(C3(c4ccc(N(c5ccccc5)c5ccc(C(CC(C)(C)C)C(C)(C)C)cc5)cc4)CCCCC3)cc2)cc1.PS. The number of nitrogens with zero attached hydrogens (tertiary/aromatic N) is 2. The lowest BCUT2D eigenvalue weighted by molar-refractivity contribution is 0.229. The minimum atomic E-state index is 0.00224. The Morgan fingerprint density at radius 2 is 1.05 bits per heavy atom. The van der Waals surface area contributed by atoms with Crippen LogP contribution in [0.4, 0.5) is 28.4 Å². The quantitative estimate of drug-likeness (QED) is 0.111. The zero-order valence-corrected chi connectivity index (χ0v) is 37.6. The minimum Gasteiger partial charge on any atom is -0.311 e. The second-order valence-electron chi connectivity index (χ2n) is 18.5. The van der Waals surface area contributed by atoms with E-state index in [2.05, 4.69) is 225 Å². The van der Waals surface area contributed by atoms with Crippen molar-refractivity contribution in [3.05, 3.63) is 174 Å². The van der Waals surface area contributed by atoms with Crippen LogP contribution in [-0.2, 0) is 5.41 Å². The first-order chi connectivity index (χ1) is 27.4. The first-order valence-corrected chi connectivity index (χ1v) is 23.1. The number of thiol groups is 1. The lowest BCUT2D eigenvalue weighted by atomic mass is 9.65. The summed E-state index contributed by atoms with van der Waals surface area (Å²) in [5.41, 5.74) is 13.2. The molecule has 57 heavy (non-hydrogen) atoms. The maximum absolute atomic E-state index is 3.44. The van der Waals surface area contributed by atoms with Crippen LogP contribution in [0.5, 0.6) is 0 Å². The maximum atomic E-state index is 3.44. The molecule has 298 valence electrons. The molecule has 0 radical (unpaired) electrons. The molecule has 2 aliphatic rings. The van der Waals surface area contributed by atoms with Gasteiger partial charge in [0.2, 0.25) is 0 Å². The molecule has 0 aromatic heterocycles. The summed E-state index contributed by atoms with van der Waals surface area (Å²) >= 11 is 3.44. The molecular formula is C53H65N2PS. The summed E-state index contributed by atoms with van der Waals surface area (Å²) in [7, 11) is 2.11. The summed E-state index contributed by atoms with van der Waals surface area (Å²) in [6, 6.07) is 48.3. The largest absolute Gasteiger partial charge is 0.311 e. The lowest BCUT2D eigenvalue weighted by Crippen LogP contribution is -2.30. The van der Waals surface area contributed by atoms with E-state index in [0.717, 1.165) is 19.3 Å². The van der Waals surface area contributed by atoms with Crippen LogP contribution in [0.2, 0.25) is 0 Å². The summed E-state index contributed by atoms with van der Waals surface area (Å²) in [6.45, 7) is 16.4. The average Bonchev–Trinajstić information content (AvgIpc) is 3.23. The Hall–Kier alpha value is -4.04. The van der Waals surface area contributed by atoms with Gasteiger partial charge in [0.25, 0.3) is 0 Å². The molecule has 5 aromatic rings. The van der Waals surface area contributed by atoms with Gasteiger partial charge in [0.1, 0.15) is 0 Å². The third-order valence-electron chi connectivity index (χ3n) is 12.0. The first kappa shape index (κ1) is 42.6. The fourth-order valence-corrected chi connectivity index (χ4v) is 9.08. The monoisotopic (exact) mass is 792 g/mol. The molecule has 1 fully saturated rings. The Morgan fingerprint density at radius 3 is 1.53 bits per heavy atom. The summed E-state index contributed by atoms with van der Waals surface area (Å²) in [5.74, 6) is 0.485. The number of rotatable bonds is 10. The van der Waals surface area contributed by atoms with Crippen molar-refractivity contribution in [2.24, 2.45) is 10.8 Å². The van der Waals surface area contributed by atoms with Crippen molar-refractivity contribution in [3.63, 3.8) is 0 Å². The predicted molar refractivity (Wildman–Crippen MR) is 256 cm³/mol. The molecule has 0 saturated heterocycles. The molecule has 0 N–H and O–H groups in total. The number of anilines is 5. The van der Waals surface area contributed by atoms with E-state index in [9.17, 15) is 0 Å². The molecule has 5 aromatic carbocycles. The van der Waals surface area contributed by atoms with Gasteiger partial charge in [0, 0.05) is 39.5 Å². The van der Waals surface area contributed by atoms with Gasteiger partial charge in [-0.05, 0) is 139 Å². The maximum Gasteiger partial charge on any atom is 0.0461 e. The first-order valence-electron chi connectivity index (χ1n) is 21.1. The molecule has 0 aliphatic heterocycles. The van der Waals surface area contributed by atoms with Gasteiger partial charge in [0.15, 0.2) is 0 Å². The van der Waals surface area contributed by atoms with Gasteiger partial charge in [-0.25, -0.2) is 0 Å². The van der Waals surface area contributed by atoms with Gasteiger partial charge in [-0.3, -0.25) is 0 Å². The van der Waals surface area contributed by atoms with E-state index in [1.165, 1.54) is 88.5 Å². The number of para-hydroxylation sites is 1. The summed E-state index contributed by atoms with van der Waals surface area (Å²) < 4.78 is 0. The Labute approximate surface area is 352 Å². The standard InChI is InChI=1S/C53H62N2.H3PS/c1-40-21-29-46(30-22-40)54(44-17-11-8-12-18-44)48-33-25-42(26-34-48)53(37-15-10-16-38-53)43-27-35-49(36-28-43)55(45-19-13-9-14-20-45)47-31-23-41(24-32-47)50(52(5,6)7)39-51(2,3)4;1-2/h9,11,13-14,17-36,50H,8,10,12,15-16,37-39H2,1-7H3;2H,1H2. The number of allylic oxidation sites excluding steroid dienone is 3. The van der Waals surface area contributed by atoms with E-state index >= 15 is 0 Å². The normalized spacial score (nSPS) is 15.8. The van der Waals surface area contributed by atoms with Gasteiger partial charge in [-0.2, -0.15) is 12.2 Å². The average molecular weight is 793 g/mol. The number of hydrogen-bond acceptors (Lipinski definition) is 3. The van der Waals surface area contributed by atoms with Crippen molar-refractivity contribution >= 4 is 49.1 Å². The second-order valence-corrected chi connectivity index (χ2v) is 18.5. The molecular weight excluding hydrogens is 728 g/mol. The van der Waals surface area contributed by atoms with Crippen LogP contribution in [-0.4, -0.2) is 0 Å². The molecule has 7 rings (SSSR count). The molecule has 0 spiro atoms. The highest BCUT2D eigenvalue weighted by Gasteiger charge is 2.36. The molecule has 1 saturated carbocycles. The van der Waals surface area contributed by atoms with Crippen LogP contribution in [0.1, 0.15) is 121 Å². The van der Waals surface area contributed by atoms with Crippen LogP contribution in [0.25, 0.3) is 0 Å². The van der Waals surface area contributed by atoms with E-state index in [1.54, 1.807) is 0 Å². The molecule has 0 heterocycles. The highest BCUT2D eigenvalue weighted by atomic mass is 32.7. The zero-order chi connectivity index (χ0) is 40.6. The van der Waals surface area contributed by atoms with Gasteiger partial charge in [-0.1, -0.05) is 154 Å². The topological polar surface area (TPSA) is 6.48 Å². The van der Waals surface area contributed by atoms with Crippen molar-refractivity contribution < 1.29 is 0 Å². The van der Waals surface area contributed by atoms with Crippen molar-refractivity contribution in [1.29, 1.82) is 0 Å². The number of aryl methyl sites for hydroxylation is 1. The van der Waals surface area contributed by atoms with Gasteiger partial charge >= 0.3 is 0 Å². The Bertz CT molecular complexity index is 2060. The van der Waals surface area contributed by atoms with Gasteiger partial charge in [0.05, 0.1) is 0 Å². The van der Waals surface area contributed by atoms with Gasteiger partial charge < -0.3 is 9.80 Å². The minimum absolute atomic E-state index is 0.00224. The Morgan fingerprint density at radius 1 is 0.579 bits per heavy atom. The Kier molecular flexibility index (Phi) is 14.0. The summed E-state index contributed by atoms with van der Waals surface area (Å²) in [6.07, 6.45) is 16.5. The van der Waals surface area contributed by atoms with Crippen LogP contribution < -0.4 is 9.80 Å². The van der Waals surface area contributed by atoms with Crippen LogP contribution in [0.15, 0.2) is 151 Å². The smallest absolute Gasteiger partial charge is 0.0461 e. The fourth-order valence-electron chi connectivity index (χ4n) is 9.08. The van der Waals surface area contributed by atoms with Crippen molar-refractivity contribution in [1.82, 2.24) is 0 Å². The van der Waals surface area contributed by atoms with Crippen LogP contribution in [0.3, 0.4) is 0 Å². The third-order valence-corrected chi connectivity index (χ3v) is 12.0. The summed E-state index contributed by atoms with van der Waals surface area (Å²) in [4.78, 5) is 4.83. The predicted octanol–water partition coefficient (Wildman–Crippen LogP) is 16.4. The van der Waals surface area contributed by atoms with E-state index in [1.807, 2.05) is 0 Å². The molecule has 2 unspecified atom stereocenters. The van der Waals surface area contributed by atoms with Crippen molar-refractivity contribution in [3.8, 4) is 0 Å². The van der Waals surface area contributed by atoms with E-state index < -0.39 is 0 Å². The molecule has 2 atom stereocenters. The number of hydrogen-bond donors (Lipinski definition) is 1.